The fourth-order valence-electron chi connectivity index (χ4n) is 2.86. The van der Waals surface area contributed by atoms with Gasteiger partial charge in [-0.3, -0.25) is 4.99 Å². The van der Waals surface area contributed by atoms with Crippen LogP contribution >= 0.6 is 0 Å². The summed E-state index contributed by atoms with van der Waals surface area (Å²) < 4.78 is 22.5. The largest absolute Gasteiger partial charge is 0.357 e. The van der Waals surface area contributed by atoms with E-state index in [2.05, 4.69) is 34.9 Å². The highest BCUT2D eigenvalue weighted by atomic mass is 32.2. The summed E-state index contributed by atoms with van der Waals surface area (Å²) in [7, 11) is -2.96. The van der Waals surface area contributed by atoms with Gasteiger partial charge in [-0.25, -0.2) is 8.42 Å². The van der Waals surface area contributed by atoms with E-state index >= 15 is 0 Å². The quantitative estimate of drug-likeness (QED) is 0.587. The molecule has 0 unspecified atom stereocenters. The highest BCUT2D eigenvalue weighted by Gasteiger charge is 2.38. The molecular weight excluding hydrogens is 310 g/mol. The molecule has 128 valence electrons. The van der Waals surface area contributed by atoms with E-state index in [1.54, 1.807) is 0 Å². The van der Waals surface area contributed by atoms with Crippen LogP contribution in [0.2, 0.25) is 0 Å². The average molecular weight is 337 g/mol. The Hall–Kier alpha value is -1.56. The Morgan fingerprint density at radius 1 is 1.22 bits per heavy atom. The topological polar surface area (TPSA) is 70.6 Å². The van der Waals surface area contributed by atoms with E-state index in [0.29, 0.717) is 12.5 Å². The Morgan fingerprint density at radius 3 is 2.43 bits per heavy atom. The zero-order chi connectivity index (χ0) is 16.8. The van der Waals surface area contributed by atoms with Gasteiger partial charge >= 0.3 is 0 Å². The van der Waals surface area contributed by atoms with E-state index in [9.17, 15) is 8.42 Å². The van der Waals surface area contributed by atoms with Gasteiger partial charge in [-0.15, -0.1) is 0 Å². The molecule has 1 aliphatic rings. The molecule has 0 heterocycles. The van der Waals surface area contributed by atoms with Gasteiger partial charge in [-0.1, -0.05) is 36.8 Å². The van der Waals surface area contributed by atoms with E-state index in [-0.39, 0.29) is 11.2 Å². The Labute approximate surface area is 139 Å². The van der Waals surface area contributed by atoms with Gasteiger partial charge in [0.1, 0.15) is 9.84 Å². The minimum Gasteiger partial charge on any atom is -0.357 e. The van der Waals surface area contributed by atoms with E-state index in [1.807, 2.05) is 13.0 Å². The zero-order valence-corrected chi connectivity index (χ0v) is 14.8. The lowest BCUT2D eigenvalue weighted by molar-refractivity contribution is 0.253. The van der Waals surface area contributed by atoms with Crippen molar-refractivity contribution in [2.45, 2.75) is 31.6 Å². The second kappa shape index (κ2) is 7.81. The second-order valence-electron chi connectivity index (χ2n) is 6.25. The number of sulfone groups is 1. The SMILES string of the molecule is CCNC(=NCC1(c2ccccc2)CCC1)NCCS(C)(=O)=O. The third kappa shape index (κ3) is 5.23. The molecule has 1 fully saturated rings. The van der Waals surface area contributed by atoms with Crippen molar-refractivity contribution in [3.63, 3.8) is 0 Å². The van der Waals surface area contributed by atoms with Crippen LogP contribution in [0.25, 0.3) is 0 Å². The average Bonchev–Trinajstić information content (AvgIpc) is 2.46. The third-order valence-corrected chi connectivity index (χ3v) is 5.29. The monoisotopic (exact) mass is 337 g/mol. The van der Waals surface area contributed by atoms with Crippen molar-refractivity contribution in [2.24, 2.45) is 4.99 Å². The van der Waals surface area contributed by atoms with Crippen LogP contribution in [-0.2, 0) is 15.3 Å². The standard InChI is InChI=1S/C17H27N3O2S/c1-3-18-16(19-12-13-23(2,21)22)20-14-17(10-7-11-17)15-8-5-4-6-9-15/h4-6,8-9H,3,7,10-14H2,1-2H3,(H2,18,19,20). The summed E-state index contributed by atoms with van der Waals surface area (Å²) in [6, 6.07) is 10.6. The first kappa shape index (κ1) is 17.8. The molecule has 0 aromatic heterocycles. The minimum atomic E-state index is -2.96. The first-order valence-corrected chi connectivity index (χ1v) is 10.3. The molecule has 0 amide bonds. The Bertz CT molecular complexity index is 622. The molecule has 5 nitrogen and oxygen atoms in total. The highest BCUT2D eigenvalue weighted by molar-refractivity contribution is 7.90. The number of guanidine groups is 1. The van der Waals surface area contributed by atoms with E-state index < -0.39 is 9.84 Å². The normalized spacial score (nSPS) is 17.4. The van der Waals surface area contributed by atoms with Crippen molar-refractivity contribution in [2.75, 3.05) is 31.6 Å². The van der Waals surface area contributed by atoms with Crippen LogP contribution in [0.1, 0.15) is 31.7 Å². The fraction of sp³-hybridized carbons (Fsp3) is 0.588. The van der Waals surface area contributed by atoms with Gasteiger partial charge in [0.05, 0.1) is 12.3 Å². The molecule has 0 radical (unpaired) electrons. The predicted octanol–water partition coefficient (Wildman–Crippen LogP) is 1.71. The van der Waals surface area contributed by atoms with Crippen molar-refractivity contribution in [1.82, 2.24) is 10.6 Å². The lowest BCUT2D eigenvalue weighted by Crippen LogP contribution is -2.42. The van der Waals surface area contributed by atoms with Gasteiger partial charge in [0.25, 0.3) is 0 Å². The minimum absolute atomic E-state index is 0.112. The number of nitrogens with one attached hydrogen (secondary N) is 2. The van der Waals surface area contributed by atoms with Gasteiger partial charge in [-0.2, -0.15) is 0 Å². The first-order chi connectivity index (χ1) is 11.0. The molecule has 1 aliphatic carbocycles. The molecule has 0 bridgehead atoms. The maximum Gasteiger partial charge on any atom is 0.191 e. The summed E-state index contributed by atoms with van der Waals surface area (Å²) in [5.41, 5.74) is 1.49. The van der Waals surface area contributed by atoms with E-state index in [1.165, 1.54) is 18.2 Å². The number of nitrogens with zero attached hydrogens (tertiary/aromatic N) is 1. The summed E-state index contributed by atoms with van der Waals surface area (Å²) in [5.74, 6) is 0.805. The van der Waals surface area contributed by atoms with Gasteiger partial charge in [0.2, 0.25) is 0 Å². The summed E-state index contributed by atoms with van der Waals surface area (Å²) >= 11 is 0. The second-order valence-corrected chi connectivity index (χ2v) is 8.51. The molecule has 0 spiro atoms. The van der Waals surface area contributed by atoms with Gasteiger partial charge in [0, 0.05) is 24.8 Å². The van der Waals surface area contributed by atoms with Crippen molar-refractivity contribution in [3.8, 4) is 0 Å². The molecule has 0 atom stereocenters. The molecule has 0 saturated heterocycles. The number of hydrogen-bond acceptors (Lipinski definition) is 3. The van der Waals surface area contributed by atoms with E-state index in [0.717, 1.165) is 25.9 Å². The maximum atomic E-state index is 11.2. The molecule has 1 saturated carbocycles. The molecule has 1 aromatic rings. The van der Waals surface area contributed by atoms with Crippen LogP contribution in [0.4, 0.5) is 0 Å². The smallest absolute Gasteiger partial charge is 0.191 e. The summed E-state index contributed by atoms with van der Waals surface area (Å²) in [4.78, 5) is 4.70. The van der Waals surface area contributed by atoms with Crippen molar-refractivity contribution in [3.05, 3.63) is 35.9 Å². The van der Waals surface area contributed by atoms with Gasteiger partial charge < -0.3 is 10.6 Å². The van der Waals surface area contributed by atoms with Crippen molar-refractivity contribution < 1.29 is 8.42 Å². The van der Waals surface area contributed by atoms with Crippen LogP contribution in [0.3, 0.4) is 0 Å². The molecular formula is C17H27N3O2S. The molecule has 23 heavy (non-hydrogen) atoms. The van der Waals surface area contributed by atoms with Crippen molar-refractivity contribution in [1.29, 1.82) is 0 Å². The highest BCUT2D eigenvalue weighted by Crippen LogP contribution is 2.43. The zero-order valence-electron chi connectivity index (χ0n) is 14.0. The Kier molecular flexibility index (Phi) is 6.04. The summed E-state index contributed by atoms with van der Waals surface area (Å²) in [5, 5.41) is 6.29. The van der Waals surface area contributed by atoms with Crippen LogP contribution in [0, 0.1) is 0 Å². The maximum absolute atomic E-state index is 11.2. The fourth-order valence-corrected chi connectivity index (χ4v) is 3.33. The third-order valence-electron chi connectivity index (χ3n) is 4.35. The number of rotatable bonds is 7. The summed E-state index contributed by atoms with van der Waals surface area (Å²) in [6.45, 7) is 3.86. The van der Waals surface area contributed by atoms with Crippen LogP contribution in [0.15, 0.2) is 35.3 Å². The molecule has 2 N–H and O–H groups in total. The van der Waals surface area contributed by atoms with Crippen LogP contribution in [-0.4, -0.2) is 46.0 Å². The van der Waals surface area contributed by atoms with Crippen LogP contribution in [0.5, 0.6) is 0 Å². The predicted molar refractivity (Wildman–Crippen MR) is 95.7 cm³/mol. The first-order valence-electron chi connectivity index (χ1n) is 8.21. The molecule has 2 rings (SSSR count). The lowest BCUT2D eigenvalue weighted by Gasteiger charge is -2.41. The lowest BCUT2D eigenvalue weighted by atomic mass is 9.64. The van der Waals surface area contributed by atoms with Gasteiger partial charge in [0.15, 0.2) is 5.96 Å². The Morgan fingerprint density at radius 2 is 1.91 bits per heavy atom. The molecule has 1 aromatic carbocycles. The number of hydrogen-bond donors (Lipinski definition) is 2. The van der Waals surface area contributed by atoms with Crippen molar-refractivity contribution >= 4 is 15.8 Å². The Balaban J connectivity index is 2.01. The molecule has 0 aliphatic heterocycles. The van der Waals surface area contributed by atoms with Crippen LogP contribution < -0.4 is 10.6 Å². The molecule has 6 heteroatoms. The number of benzene rings is 1. The van der Waals surface area contributed by atoms with Gasteiger partial charge in [-0.05, 0) is 25.3 Å². The van der Waals surface area contributed by atoms with E-state index in [4.69, 9.17) is 4.99 Å². The number of aliphatic imine (C=N–C) groups is 1. The summed E-state index contributed by atoms with van der Waals surface area (Å²) in [6.07, 6.45) is 4.80.